The number of likely N-dealkylation sites (N-methyl/N-ethyl adjacent to an activating group) is 1. The number of rotatable bonds is 10. The molecule has 36 heavy (non-hydrogen) atoms. The summed E-state index contributed by atoms with van der Waals surface area (Å²) in [6.45, 7) is 2.24. The summed E-state index contributed by atoms with van der Waals surface area (Å²) in [5.41, 5.74) is 9.01. The quantitative estimate of drug-likeness (QED) is 0.296. The molecule has 0 heterocycles. The summed E-state index contributed by atoms with van der Waals surface area (Å²) in [6.07, 6.45) is 5.54. The number of nitrogens with one attached hydrogen (secondary N) is 3. The van der Waals surface area contributed by atoms with Crippen LogP contribution in [0.4, 0.5) is 5.69 Å². The fourth-order valence-corrected chi connectivity index (χ4v) is 4.55. The molecule has 2 aromatic carbocycles. The van der Waals surface area contributed by atoms with Crippen molar-refractivity contribution in [1.29, 1.82) is 5.41 Å². The first-order valence-corrected chi connectivity index (χ1v) is 12.2. The van der Waals surface area contributed by atoms with Crippen LogP contribution in [0.15, 0.2) is 30.3 Å². The zero-order chi connectivity index (χ0) is 26.2. The molecule has 2 aromatic rings. The minimum Gasteiger partial charge on any atom is -0.496 e. The van der Waals surface area contributed by atoms with E-state index in [0.29, 0.717) is 22.6 Å². The number of carbonyl (C=O) groups is 2. The van der Waals surface area contributed by atoms with Gasteiger partial charge in [0.05, 0.1) is 20.8 Å². The lowest BCUT2D eigenvalue weighted by Crippen LogP contribution is -2.42. The molecule has 5 N–H and O–H groups in total. The van der Waals surface area contributed by atoms with Gasteiger partial charge in [-0.25, -0.2) is 0 Å². The average Bonchev–Trinajstić information content (AvgIpc) is 2.87. The van der Waals surface area contributed by atoms with Crippen LogP contribution in [-0.2, 0) is 11.3 Å². The Morgan fingerprint density at radius 3 is 2.28 bits per heavy atom. The smallest absolute Gasteiger partial charge is 0.251 e. The third-order valence-corrected chi connectivity index (χ3v) is 6.61. The molecule has 1 aliphatic carbocycles. The molecule has 1 saturated carbocycles. The molecule has 194 valence electrons. The number of nitrogen functional groups attached to an aromatic ring is 1. The lowest BCUT2D eigenvalue weighted by atomic mass is 9.95. The number of methoxy groups -OCH3 is 2. The minimum atomic E-state index is -0.286. The van der Waals surface area contributed by atoms with Crippen molar-refractivity contribution in [2.45, 2.75) is 51.6 Å². The predicted octanol–water partition coefficient (Wildman–Crippen LogP) is 3.11. The molecule has 0 saturated heterocycles. The van der Waals surface area contributed by atoms with Crippen molar-refractivity contribution in [2.24, 2.45) is 5.73 Å². The molecule has 0 unspecified atom stereocenters. The molecule has 1 fully saturated rings. The number of ether oxygens (including phenoxy) is 2. The third-order valence-electron chi connectivity index (χ3n) is 6.61. The molecule has 0 bridgehead atoms. The monoisotopic (exact) mass is 495 g/mol. The van der Waals surface area contributed by atoms with E-state index in [1.807, 2.05) is 24.9 Å². The zero-order valence-corrected chi connectivity index (χ0v) is 21.6. The Kier molecular flexibility index (Phi) is 9.16. The van der Waals surface area contributed by atoms with Crippen LogP contribution >= 0.6 is 0 Å². The van der Waals surface area contributed by atoms with Gasteiger partial charge < -0.3 is 30.7 Å². The minimum absolute atomic E-state index is 0.0496. The second-order valence-corrected chi connectivity index (χ2v) is 9.20. The Bertz CT molecular complexity index is 1090. The van der Waals surface area contributed by atoms with Crippen LogP contribution in [0.3, 0.4) is 0 Å². The lowest BCUT2D eigenvalue weighted by Gasteiger charge is -2.26. The first-order chi connectivity index (χ1) is 17.2. The summed E-state index contributed by atoms with van der Waals surface area (Å²) in [7, 11) is 4.92. The fraction of sp³-hybridized carbons (Fsp3) is 0.444. The first kappa shape index (κ1) is 26.8. The molecule has 0 spiro atoms. The molecule has 9 nitrogen and oxygen atoms in total. The Balaban J connectivity index is 1.75. The van der Waals surface area contributed by atoms with E-state index in [0.717, 1.165) is 42.5 Å². The molecule has 9 heteroatoms. The highest BCUT2D eigenvalue weighted by Crippen LogP contribution is 2.29. The van der Waals surface area contributed by atoms with Gasteiger partial charge in [0.1, 0.15) is 17.3 Å². The van der Waals surface area contributed by atoms with Gasteiger partial charge in [0.25, 0.3) is 5.91 Å². The van der Waals surface area contributed by atoms with Crippen molar-refractivity contribution in [3.63, 3.8) is 0 Å². The van der Waals surface area contributed by atoms with E-state index in [1.54, 1.807) is 38.5 Å². The summed E-state index contributed by atoms with van der Waals surface area (Å²) < 4.78 is 10.8. The number of hydrogen-bond acceptors (Lipinski definition) is 6. The van der Waals surface area contributed by atoms with Crippen molar-refractivity contribution in [1.82, 2.24) is 10.6 Å². The number of benzene rings is 2. The Labute approximate surface area is 212 Å². The average molecular weight is 496 g/mol. The number of anilines is 1. The molecule has 2 amide bonds. The van der Waals surface area contributed by atoms with Gasteiger partial charge in [-0.1, -0.05) is 31.4 Å². The molecule has 1 aliphatic rings. The number of amides is 2. The van der Waals surface area contributed by atoms with Gasteiger partial charge in [0, 0.05) is 42.0 Å². The molecular formula is C27H37N5O4. The number of carbonyl (C=O) groups excluding carboxylic acids is 2. The highest BCUT2D eigenvalue weighted by Gasteiger charge is 2.19. The fourth-order valence-electron chi connectivity index (χ4n) is 4.55. The van der Waals surface area contributed by atoms with E-state index in [1.165, 1.54) is 6.42 Å². The topological polar surface area (TPSA) is 130 Å². The maximum Gasteiger partial charge on any atom is 0.251 e. The van der Waals surface area contributed by atoms with Crippen LogP contribution in [-0.4, -0.2) is 51.5 Å². The van der Waals surface area contributed by atoms with E-state index in [2.05, 4.69) is 10.6 Å². The summed E-state index contributed by atoms with van der Waals surface area (Å²) in [6, 6.07) is 8.91. The molecule has 3 rings (SSSR count). The van der Waals surface area contributed by atoms with E-state index in [4.69, 9.17) is 20.6 Å². The van der Waals surface area contributed by atoms with E-state index < -0.39 is 0 Å². The summed E-state index contributed by atoms with van der Waals surface area (Å²) >= 11 is 0. The maximum absolute atomic E-state index is 13.0. The van der Waals surface area contributed by atoms with Gasteiger partial charge in [-0.2, -0.15) is 0 Å². The van der Waals surface area contributed by atoms with Crippen LogP contribution in [0, 0.1) is 12.3 Å². The number of hydrogen-bond donors (Lipinski definition) is 4. The maximum atomic E-state index is 13.0. The van der Waals surface area contributed by atoms with Gasteiger partial charge in [-0.15, -0.1) is 0 Å². The van der Waals surface area contributed by atoms with Gasteiger partial charge in [-0.3, -0.25) is 15.0 Å². The van der Waals surface area contributed by atoms with Gasteiger partial charge in [0.2, 0.25) is 5.91 Å². The van der Waals surface area contributed by atoms with E-state index in [9.17, 15) is 9.59 Å². The standard InChI is InChI=1S/C27H37N5O4/c1-17-23(35-3)13-20(14-24(17)36-4)27(34)30-15-19-11-10-18(26(28)29)12-22(19)32(2)16-25(33)31-21-8-6-5-7-9-21/h10-14,21H,5-9,15-16H2,1-4H3,(H3,28,29)(H,30,34)(H,31,33). The van der Waals surface area contributed by atoms with E-state index in [-0.39, 0.29) is 36.8 Å². The summed E-state index contributed by atoms with van der Waals surface area (Å²) in [5.74, 6) is 0.729. The third kappa shape index (κ3) is 6.68. The molecule has 0 radical (unpaired) electrons. The van der Waals surface area contributed by atoms with Crippen LogP contribution in [0.1, 0.15) is 59.2 Å². The second kappa shape index (κ2) is 12.3. The van der Waals surface area contributed by atoms with Crippen LogP contribution in [0.5, 0.6) is 11.5 Å². The van der Waals surface area contributed by atoms with E-state index >= 15 is 0 Å². The van der Waals surface area contributed by atoms with Gasteiger partial charge in [-0.05, 0) is 43.5 Å². The Hall–Kier alpha value is -3.75. The van der Waals surface area contributed by atoms with Crippen LogP contribution in [0.2, 0.25) is 0 Å². The van der Waals surface area contributed by atoms with Crippen LogP contribution < -0.4 is 30.7 Å². The normalized spacial score (nSPS) is 13.6. The number of nitrogens with zero attached hydrogens (tertiary/aromatic N) is 1. The van der Waals surface area contributed by atoms with Crippen molar-refractivity contribution < 1.29 is 19.1 Å². The van der Waals surface area contributed by atoms with Crippen molar-refractivity contribution in [3.05, 3.63) is 52.6 Å². The summed E-state index contributed by atoms with van der Waals surface area (Å²) in [4.78, 5) is 27.5. The molecular weight excluding hydrogens is 458 g/mol. The molecule has 0 atom stereocenters. The van der Waals surface area contributed by atoms with Gasteiger partial charge in [0.15, 0.2) is 0 Å². The van der Waals surface area contributed by atoms with Crippen molar-refractivity contribution >= 4 is 23.3 Å². The Morgan fingerprint density at radius 2 is 1.69 bits per heavy atom. The highest BCUT2D eigenvalue weighted by molar-refractivity contribution is 5.97. The van der Waals surface area contributed by atoms with Crippen molar-refractivity contribution in [2.75, 3.05) is 32.7 Å². The predicted molar refractivity (Wildman–Crippen MR) is 141 cm³/mol. The SMILES string of the molecule is COc1cc(C(=O)NCc2ccc(C(=N)N)cc2N(C)CC(=O)NC2CCCCC2)cc(OC)c1C. The number of nitrogens with two attached hydrogens (primary N) is 1. The lowest BCUT2D eigenvalue weighted by molar-refractivity contribution is -0.120. The second-order valence-electron chi connectivity index (χ2n) is 9.20. The van der Waals surface area contributed by atoms with Gasteiger partial charge >= 0.3 is 0 Å². The number of amidine groups is 1. The van der Waals surface area contributed by atoms with Crippen LogP contribution in [0.25, 0.3) is 0 Å². The zero-order valence-electron chi connectivity index (χ0n) is 21.6. The molecule has 0 aromatic heterocycles. The first-order valence-electron chi connectivity index (χ1n) is 12.2. The summed E-state index contributed by atoms with van der Waals surface area (Å²) in [5, 5.41) is 13.9. The molecule has 0 aliphatic heterocycles. The highest BCUT2D eigenvalue weighted by atomic mass is 16.5. The van der Waals surface area contributed by atoms with Crippen molar-refractivity contribution in [3.8, 4) is 11.5 Å². The largest absolute Gasteiger partial charge is 0.496 e. The Morgan fingerprint density at radius 1 is 1.06 bits per heavy atom.